The first kappa shape index (κ1) is 32.1. The predicted molar refractivity (Wildman–Crippen MR) is 161 cm³/mol. The van der Waals surface area contributed by atoms with Crippen molar-refractivity contribution in [3.63, 3.8) is 0 Å². The minimum Gasteiger partial charge on any atom is -0.469 e. The van der Waals surface area contributed by atoms with Crippen molar-refractivity contribution in [1.29, 1.82) is 0 Å². The van der Waals surface area contributed by atoms with Crippen molar-refractivity contribution < 1.29 is 32.6 Å². The predicted octanol–water partition coefficient (Wildman–Crippen LogP) is 6.60. The zero-order valence-electron chi connectivity index (χ0n) is 25.8. The summed E-state index contributed by atoms with van der Waals surface area (Å²) < 4.78 is 43.8. The van der Waals surface area contributed by atoms with Crippen LogP contribution >= 0.6 is 0 Å². The van der Waals surface area contributed by atoms with E-state index in [2.05, 4.69) is 23.6 Å². The molecule has 4 rings (SSSR count). The number of hydrogen-bond donors (Lipinski definition) is 0. The third-order valence-electron chi connectivity index (χ3n) is 8.28. The molecule has 3 heterocycles. The maximum Gasteiger partial charge on any atom is 0.411 e. The van der Waals surface area contributed by atoms with Crippen LogP contribution in [0.1, 0.15) is 58.2 Å². The number of aromatic nitrogens is 1. The van der Waals surface area contributed by atoms with E-state index in [0.29, 0.717) is 12.1 Å². The topological polar surface area (TPSA) is 81.2 Å². The third kappa shape index (κ3) is 7.24. The van der Waals surface area contributed by atoms with Gasteiger partial charge in [-0.25, -0.2) is 18.6 Å². The fraction of sp³-hybridized carbons (Fsp3) is 0.485. The number of anilines is 1. The van der Waals surface area contributed by atoms with Crippen LogP contribution in [0.3, 0.4) is 0 Å². The number of amides is 1. The minimum atomic E-state index is -0.817. The number of cyclic esters (lactones) is 1. The van der Waals surface area contributed by atoms with Crippen molar-refractivity contribution >= 4 is 23.5 Å². The molecule has 0 bridgehead atoms. The molecule has 10 heteroatoms. The third-order valence-corrected chi connectivity index (χ3v) is 8.28. The lowest BCUT2D eigenvalue weighted by Crippen LogP contribution is -2.38. The summed E-state index contributed by atoms with van der Waals surface area (Å²) in [5, 5.41) is 0. The Balaban J connectivity index is 1.70. The van der Waals surface area contributed by atoms with E-state index in [-0.39, 0.29) is 30.6 Å². The molecule has 0 saturated carbocycles. The van der Waals surface area contributed by atoms with Crippen molar-refractivity contribution in [3.8, 4) is 0 Å². The molecular weight excluding hydrogens is 556 g/mol. The number of rotatable bonds is 11. The van der Waals surface area contributed by atoms with E-state index in [9.17, 15) is 18.4 Å². The second-order valence-electron chi connectivity index (χ2n) is 11.9. The van der Waals surface area contributed by atoms with Crippen LogP contribution in [0.4, 0.5) is 19.4 Å². The zero-order valence-corrected chi connectivity index (χ0v) is 25.8. The SMILES string of the molecule is C=C(/C=C(F)\C=C(/C)F)C1OC(=O)N(Cc2nc(N3CCC3)ccc2C2=CC(C(C)(C)CC(=O)OC)=CCC2OC)[C@H]1C. The Morgan fingerprint density at radius 3 is 2.56 bits per heavy atom. The first-order valence-electron chi connectivity index (χ1n) is 14.5. The van der Waals surface area contributed by atoms with E-state index in [0.717, 1.165) is 61.1 Å². The van der Waals surface area contributed by atoms with Crippen LogP contribution in [-0.4, -0.2) is 67.5 Å². The molecule has 2 unspecified atom stereocenters. The van der Waals surface area contributed by atoms with Gasteiger partial charge in [0.05, 0.1) is 43.7 Å². The maximum absolute atomic E-state index is 14.2. The van der Waals surface area contributed by atoms with Gasteiger partial charge < -0.3 is 19.1 Å². The quantitative estimate of drug-likeness (QED) is 0.210. The van der Waals surface area contributed by atoms with Crippen LogP contribution in [0.2, 0.25) is 0 Å². The zero-order chi connectivity index (χ0) is 31.5. The highest BCUT2D eigenvalue weighted by Gasteiger charge is 2.41. The molecule has 43 heavy (non-hydrogen) atoms. The number of nitrogens with zero attached hydrogens (tertiary/aromatic N) is 3. The fourth-order valence-corrected chi connectivity index (χ4v) is 5.61. The molecule has 232 valence electrons. The number of methoxy groups -OCH3 is 2. The van der Waals surface area contributed by atoms with Gasteiger partial charge in [-0.15, -0.1) is 0 Å². The Morgan fingerprint density at radius 1 is 1.23 bits per heavy atom. The van der Waals surface area contributed by atoms with Crippen LogP contribution in [0.25, 0.3) is 5.57 Å². The average Bonchev–Trinajstić information content (AvgIpc) is 3.19. The van der Waals surface area contributed by atoms with Crippen LogP contribution in [0.5, 0.6) is 0 Å². The first-order chi connectivity index (χ1) is 20.3. The number of hydrogen-bond acceptors (Lipinski definition) is 7. The highest BCUT2D eigenvalue weighted by Crippen LogP contribution is 2.40. The average molecular weight is 598 g/mol. The molecule has 0 radical (unpaired) electrons. The number of carbonyl (C=O) groups excluding carboxylic acids is 2. The lowest BCUT2D eigenvalue weighted by Gasteiger charge is -2.34. The Bertz CT molecular complexity index is 1390. The van der Waals surface area contributed by atoms with E-state index in [4.69, 9.17) is 19.2 Å². The normalized spacial score (nSPS) is 23.0. The molecule has 2 fully saturated rings. The number of esters is 1. The van der Waals surface area contributed by atoms with E-state index in [1.165, 1.54) is 7.11 Å². The number of pyridine rings is 1. The smallest absolute Gasteiger partial charge is 0.411 e. The van der Waals surface area contributed by atoms with Gasteiger partial charge in [0.2, 0.25) is 0 Å². The number of halogens is 2. The van der Waals surface area contributed by atoms with Gasteiger partial charge in [0, 0.05) is 31.8 Å². The van der Waals surface area contributed by atoms with Gasteiger partial charge in [0.25, 0.3) is 0 Å². The Kier molecular flexibility index (Phi) is 9.89. The summed E-state index contributed by atoms with van der Waals surface area (Å²) >= 11 is 0. The van der Waals surface area contributed by atoms with Crippen molar-refractivity contribution in [2.45, 2.75) is 71.8 Å². The molecule has 3 atom stereocenters. The summed E-state index contributed by atoms with van der Waals surface area (Å²) in [6, 6.07) is 3.50. The summed E-state index contributed by atoms with van der Waals surface area (Å²) in [4.78, 5) is 34.0. The van der Waals surface area contributed by atoms with Crippen molar-refractivity contribution in [2.24, 2.45) is 5.41 Å². The minimum absolute atomic E-state index is 0.134. The summed E-state index contributed by atoms with van der Waals surface area (Å²) in [5.74, 6) is -0.971. The standard InChI is InChI=1S/C33H41F2N3O5/c1-20(15-24(35)16-21(2)34)31-22(3)38(32(40)43-31)19-27-25(10-12-29(36-27)37-13-8-14-37)26-17-23(9-11-28(26)41-6)33(4,5)18-30(39)42-7/h9-10,12,15-17,22,28,31H,1,8,11,13-14,18-19H2,2-7H3/b21-16+,24-15+/t22-,28?,31?/m0/s1. The number of allylic oxidation sites excluding steroid dienone is 5. The maximum atomic E-state index is 14.2. The first-order valence-corrected chi connectivity index (χ1v) is 14.5. The fourth-order valence-electron chi connectivity index (χ4n) is 5.61. The molecule has 2 aliphatic heterocycles. The summed E-state index contributed by atoms with van der Waals surface area (Å²) in [5.41, 5.74) is 3.11. The molecule has 1 aromatic rings. The monoisotopic (exact) mass is 597 g/mol. The number of carbonyl (C=O) groups is 2. The molecule has 1 aromatic heterocycles. The van der Waals surface area contributed by atoms with Crippen LogP contribution in [-0.2, 0) is 25.5 Å². The molecular formula is C33H41F2N3O5. The molecule has 3 aliphatic rings. The van der Waals surface area contributed by atoms with Gasteiger partial charge in [0.15, 0.2) is 0 Å². The van der Waals surface area contributed by atoms with E-state index in [1.807, 2.05) is 26.0 Å². The molecule has 1 aliphatic carbocycles. The summed E-state index contributed by atoms with van der Waals surface area (Å²) in [7, 11) is 3.04. The van der Waals surface area contributed by atoms with Crippen molar-refractivity contribution in [1.82, 2.24) is 9.88 Å². The van der Waals surface area contributed by atoms with Gasteiger partial charge in [-0.05, 0) is 67.0 Å². The molecule has 1 amide bonds. The molecule has 2 saturated heterocycles. The Labute approximate surface area is 252 Å². The van der Waals surface area contributed by atoms with Gasteiger partial charge in [-0.2, -0.15) is 0 Å². The van der Waals surface area contributed by atoms with Gasteiger partial charge in [-0.1, -0.05) is 32.6 Å². The van der Waals surface area contributed by atoms with Crippen LogP contribution < -0.4 is 4.90 Å². The lowest BCUT2D eigenvalue weighted by molar-refractivity contribution is -0.142. The van der Waals surface area contributed by atoms with Gasteiger partial charge in [0.1, 0.15) is 17.7 Å². The Hall–Kier alpha value is -3.79. The van der Waals surface area contributed by atoms with E-state index < -0.39 is 35.3 Å². The second kappa shape index (κ2) is 13.2. The molecule has 0 aromatic carbocycles. The van der Waals surface area contributed by atoms with Gasteiger partial charge in [-0.3, -0.25) is 9.69 Å². The molecule has 0 N–H and O–H groups in total. The van der Waals surface area contributed by atoms with E-state index in [1.54, 1.807) is 18.9 Å². The highest BCUT2D eigenvalue weighted by molar-refractivity contribution is 5.78. The van der Waals surface area contributed by atoms with Crippen LogP contribution in [0, 0.1) is 5.41 Å². The highest BCUT2D eigenvalue weighted by atomic mass is 19.1. The van der Waals surface area contributed by atoms with Crippen LogP contribution in [0.15, 0.2) is 65.8 Å². The Morgan fingerprint density at radius 2 is 1.95 bits per heavy atom. The van der Waals surface area contributed by atoms with E-state index >= 15 is 0 Å². The lowest BCUT2D eigenvalue weighted by atomic mass is 9.76. The molecule has 8 nitrogen and oxygen atoms in total. The number of ether oxygens (including phenoxy) is 3. The largest absolute Gasteiger partial charge is 0.469 e. The molecule has 0 spiro atoms. The van der Waals surface area contributed by atoms with Gasteiger partial charge >= 0.3 is 12.1 Å². The second-order valence-corrected chi connectivity index (χ2v) is 11.9. The van der Waals surface area contributed by atoms with Crippen molar-refractivity contribution in [2.75, 3.05) is 32.2 Å². The van der Waals surface area contributed by atoms with Crippen molar-refractivity contribution in [3.05, 3.63) is 77.1 Å². The summed E-state index contributed by atoms with van der Waals surface area (Å²) in [6.45, 7) is 12.8. The summed E-state index contributed by atoms with van der Waals surface area (Å²) in [6.07, 6.45) is 6.21.